The molecule has 0 aliphatic carbocycles. The minimum atomic E-state index is 0.869. The summed E-state index contributed by atoms with van der Waals surface area (Å²) in [6.07, 6.45) is 16.0. The molecule has 29 heavy (non-hydrogen) atoms. The Balaban J connectivity index is 1.52. The third-order valence-electron chi connectivity index (χ3n) is 5.83. The molecule has 0 saturated carbocycles. The fraction of sp³-hybridized carbons (Fsp3) is 0.727. The molecule has 1 aliphatic heterocycles. The van der Waals surface area contributed by atoms with Gasteiger partial charge in [0.25, 0.3) is 0 Å². The molecule has 2 aromatic rings. The molecule has 2 aromatic heterocycles. The molecule has 0 amide bonds. The fourth-order valence-corrected chi connectivity index (χ4v) is 3.98. The summed E-state index contributed by atoms with van der Waals surface area (Å²) in [6.45, 7) is 11.9. The van der Waals surface area contributed by atoms with Crippen molar-refractivity contribution in [2.45, 2.75) is 58.8 Å². The van der Waals surface area contributed by atoms with Crippen LogP contribution in [0.4, 0.5) is 0 Å². The average Bonchev–Trinajstić information content (AvgIpc) is 3.43. The smallest absolute Gasteiger partial charge is 0.0929 e. The van der Waals surface area contributed by atoms with E-state index in [0.717, 1.165) is 52.6 Å². The highest BCUT2D eigenvalue weighted by Gasteiger charge is 2.17. The van der Waals surface area contributed by atoms with Gasteiger partial charge in [0.15, 0.2) is 0 Å². The van der Waals surface area contributed by atoms with E-state index in [-0.39, 0.29) is 0 Å². The lowest BCUT2D eigenvalue weighted by Crippen LogP contribution is -2.37. The van der Waals surface area contributed by atoms with Crippen molar-refractivity contribution in [2.75, 3.05) is 45.8 Å². The van der Waals surface area contributed by atoms with Gasteiger partial charge in [-0.3, -0.25) is 19.2 Å². The summed E-state index contributed by atoms with van der Waals surface area (Å²) < 4.78 is 4.07. The number of hydrogen-bond acceptors (Lipinski definition) is 5. The van der Waals surface area contributed by atoms with E-state index in [4.69, 9.17) is 0 Å². The van der Waals surface area contributed by atoms with Gasteiger partial charge in [0.05, 0.1) is 13.3 Å². The Bertz CT molecular complexity index is 577. The molecule has 0 spiro atoms. The van der Waals surface area contributed by atoms with Gasteiger partial charge in [-0.05, 0) is 25.1 Å². The van der Waals surface area contributed by atoms with Crippen LogP contribution in [0.2, 0.25) is 0 Å². The van der Waals surface area contributed by atoms with E-state index in [1.54, 1.807) is 0 Å². The lowest BCUT2D eigenvalue weighted by Gasteiger charge is -2.25. The Kier molecular flexibility index (Phi) is 9.69. The first-order valence-electron chi connectivity index (χ1n) is 11.5. The number of unbranched alkanes of at least 4 members (excludes halogenated alkanes) is 5. The number of aromatic nitrogens is 4. The molecule has 0 bridgehead atoms. The van der Waals surface area contributed by atoms with Crippen LogP contribution in [0.15, 0.2) is 36.9 Å². The second-order valence-electron chi connectivity index (χ2n) is 8.22. The Morgan fingerprint density at radius 2 is 1.10 bits per heavy atom. The van der Waals surface area contributed by atoms with Crippen LogP contribution in [-0.4, -0.2) is 80.1 Å². The van der Waals surface area contributed by atoms with Crippen LogP contribution in [0.3, 0.4) is 0 Å². The topological polar surface area (TPSA) is 45.4 Å². The van der Waals surface area contributed by atoms with E-state index < -0.39 is 0 Å². The van der Waals surface area contributed by atoms with E-state index in [9.17, 15) is 0 Å². The second kappa shape index (κ2) is 12.8. The molecule has 7 heteroatoms. The summed E-state index contributed by atoms with van der Waals surface area (Å²) in [5.41, 5.74) is 0. The monoisotopic (exact) mass is 401 g/mol. The number of rotatable bonds is 11. The van der Waals surface area contributed by atoms with Gasteiger partial charge in [0, 0.05) is 64.1 Å². The molecular weight excluding hydrogens is 362 g/mol. The summed E-state index contributed by atoms with van der Waals surface area (Å²) in [5.74, 6) is 0. The zero-order chi connectivity index (χ0) is 20.2. The highest BCUT2D eigenvalue weighted by molar-refractivity contribution is 4.80. The molecule has 162 valence electrons. The molecule has 0 unspecified atom stereocenters. The molecular formula is C22H39N7. The first-order chi connectivity index (χ1) is 14.3. The normalized spacial score (nSPS) is 17.8. The van der Waals surface area contributed by atoms with Crippen molar-refractivity contribution < 1.29 is 0 Å². The maximum Gasteiger partial charge on any atom is 0.0929 e. The van der Waals surface area contributed by atoms with Crippen LogP contribution in [0, 0.1) is 0 Å². The van der Waals surface area contributed by atoms with Crippen LogP contribution in [-0.2, 0) is 13.3 Å². The molecule has 7 nitrogen and oxygen atoms in total. The van der Waals surface area contributed by atoms with Crippen molar-refractivity contribution in [3.05, 3.63) is 36.9 Å². The molecule has 1 fully saturated rings. The summed E-state index contributed by atoms with van der Waals surface area (Å²) in [6, 6.07) is 4.01. The Hall–Kier alpha value is -1.70. The van der Waals surface area contributed by atoms with E-state index in [1.807, 2.05) is 33.9 Å². The summed E-state index contributed by atoms with van der Waals surface area (Å²) in [5, 5.41) is 8.81. The van der Waals surface area contributed by atoms with Gasteiger partial charge >= 0.3 is 0 Å². The van der Waals surface area contributed by atoms with Crippen molar-refractivity contribution in [2.24, 2.45) is 0 Å². The van der Waals surface area contributed by atoms with Crippen LogP contribution in [0.5, 0.6) is 0 Å². The van der Waals surface area contributed by atoms with Crippen LogP contribution < -0.4 is 0 Å². The Morgan fingerprint density at radius 1 is 0.621 bits per heavy atom. The Labute approximate surface area is 176 Å². The van der Waals surface area contributed by atoms with Crippen LogP contribution in [0.25, 0.3) is 0 Å². The zero-order valence-electron chi connectivity index (χ0n) is 18.2. The van der Waals surface area contributed by atoms with Gasteiger partial charge in [-0.15, -0.1) is 0 Å². The minimum Gasteiger partial charge on any atom is -0.301 e. The highest BCUT2D eigenvalue weighted by Crippen LogP contribution is 2.08. The van der Waals surface area contributed by atoms with Gasteiger partial charge in [-0.1, -0.05) is 39.0 Å². The van der Waals surface area contributed by atoms with Gasteiger partial charge in [-0.25, -0.2) is 0 Å². The van der Waals surface area contributed by atoms with Gasteiger partial charge in [-0.2, -0.15) is 10.2 Å². The van der Waals surface area contributed by atoms with E-state index in [1.165, 1.54) is 45.1 Å². The summed E-state index contributed by atoms with van der Waals surface area (Å²) >= 11 is 0. The first-order valence-corrected chi connectivity index (χ1v) is 11.5. The molecule has 0 N–H and O–H groups in total. The van der Waals surface area contributed by atoms with Crippen LogP contribution >= 0.6 is 0 Å². The average molecular weight is 402 g/mol. The number of nitrogens with zero attached hydrogens (tertiary/aromatic N) is 7. The first kappa shape index (κ1) is 22.0. The molecule has 1 saturated heterocycles. The third kappa shape index (κ3) is 8.28. The highest BCUT2D eigenvalue weighted by atomic mass is 15.4. The lowest BCUT2D eigenvalue weighted by atomic mass is 10.1. The van der Waals surface area contributed by atoms with Gasteiger partial charge < -0.3 is 4.90 Å². The van der Waals surface area contributed by atoms with E-state index in [0.29, 0.717) is 0 Å². The lowest BCUT2D eigenvalue weighted by molar-refractivity contribution is 0.157. The van der Waals surface area contributed by atoms with E-state index in [2.05, 4.69) is 44.2 Å². The predicted octanol–water partition coefficient (Wildman–Crippen LogP) is 2.97. The number of hydrogen-bond donors (Lipinski definition) is 0. The van der Waals surface area contributed by atoms with Crippen molar-refractivity contribution in [1.29, 1.82) is 0 Å². The largest absolute Gasteiger partial charge is 0.301 e. The predicted molar refractivity (Wildman–Crippen MR) is 117 cm³/mol. The van der Waals surface area contributed by atoms with Crippen molar-refractivity contribution >= 4 is 0 Å². The molecule has 0 aromatic carbocycles. The maximum atomic E-state index is 4.41. The summed E-state index contributed by atoms with van der Waals surface area (Å²) in [7, 11) is 0. The molecule has 0 radical (unpaired) electrons. The maximum absolute atomic E-state index is 4.41. The van der Waals surface area contributed by atoms with Gasteiger partial charge in [0.1, 0.15) is 0 Å². The third-order valence-corrected chi connectivity index (χ3v) is 5.83. The van der Waals surface area contributed by atoms with Crippen molar-refractivity contribution in [3.8, 4) is 0 Å². The SMILES string of the molecule is CCCCCCCCN1CCN(Cn2cccn2)CCN(Cn2cccn2)CC1. The quantitative estimate of drug-likeness (QED) is 0.542. The van der Waals surface area contributed by atoms with Crippen LogP contribution in [0.1, 0.15) is 45.4 Å². The molecule has 1 aliphatic rings. The molecule has 3 heterocycles. The minimum absolute atomic E-state index is 0.869. The molecule has 3 rings (SSSR count). The second-order valence-corrected chi connectivity index (χ2v) is 8.22. The fourth-order valence-electron chi connectivity index (χ4n) is 3.98. The van der Waals surface area contributed by atoms with Crippen molar-refractivity contribution in [3.63, 3.8) is 0 Å². The molecule has 0 atom stereocenters. The van der Waals surface area contributed by atoms with Gasteiger partial charge in [0.2, 0.25) is 0 Å². The van der Waals surface area contributed by atoms with E-state index >= 15 is 0 Å². The zero-order valence-corrected chi connectivity index (χ0v) is 18.2. The standard InChI is InChI=1S/C22H39N7/c1-2-3-4-5-6-7-12-25-15-17-26(21-28-13-8-10-23-28)19-20-27(18-16-25)22-29-14-9-11-24-29/h8-11,13-14H,2-7,12,15-22H2,1H3. The Morgan fingerprint density at radius 3 is 1.59 bits per heavy atom. The summed E-state index contributed by atoms with van der Waals surface area (Å²) in [4.78, 5) is 7.72. The van der Waals surface area contributed by atoms with Crippen molar-refractivity contribution in [1.82, 2.24) is 34.3 Å².